The molecule has 1 aromatic rings. The molecule has 1 amide bonds. The molecule has 1 heterocycles. The average molecular weight is 277 g/mol. The lowest BCUT2D eigenvalue weighted by Gasteiger charge is -2.31. The van der Waals surface area contributed by atoms with Gasteiger partial charge in [0.05, 0.1) is 25.7 Å². The Morgan fingerprint density at radius 2 is 2.00 bits per heavy atom. The van der Waals surface area contributed by atoms with Gasteiger partial charge in [0, 0.05) is 13.1 Å². The molecule has 0 unspecified atom stereocenters. The maximum Gasteiger partial charge on any atom is 0.310 e. The van der Waals surface area contributed by atoms with Gasteiger partial charge in [-0.3, -0.25) is 9.59 Å². The molecule has 108 valence electrons. The van der Waals surface area contributed by atoms with E-state index >= 15 is 0 Å². The molecule has 5 heteroatoms. The summed E-state index contributed by atoms with van der Waals surface area (Å²) >= 11 is 0. The third-order valence-electron chi connectivity index (χ3n) is 3.58. The van der Waals surface area contributed by atoms with Crippen molar-refractivity contribution < 1.29 is 19.1 Å². The fourth-order valence-corrected chi connectivity index (χ4v) is 2.51. The number of likely N-dealkylation sites (tertiary alicyclic amines) is 1. The minimum atomic E-state index is -0.248. The van der Waals surface area contributed by atoms with E-state index in [1.165, 1.54) is 7.11 Å². The molecule has 0 radical (unpaired) electrons. The molecule has 1 saturated heterocycles. The van der Waals surface area contributed by atoms with Gasteiger partial charge in [0.15, 0.2) is 0 Å². The molecule has 0 spiro atoms. The molecule has 20 heavy (non-hydrogen) atoms. The Hall–Kier alpha value is -2.04. The van der Waals surface area contributed by atoms with E-state index in [2.05, 4.69) is 0 Å². The molecule has 0 saturated carbocycles. The minimum Gasteiger partial charge on any atom is -0.496 e. The Morgan fingerprint density at radius 1 is 1.25 bits per heavy atom. The van der Waals surface area contributed by atoms with Crippen molar-refractivity contribution in [3.63, 3.8) is 0 Å². The molecular weight excluding hydrogens is 258 g/mol. The molecular formula is C15H19NO4. The number of hydrogen-bond acceptors (Lipinski definition) is 4. The topological polar surface area (TPSA) is 55.8 Å². The second kappa shape index (κ2) is 6.41. The monoisotopic (exact) mass is 277 g/mol. The molecule has 0 aliphatic carbocycles. The summed E-state index contributed by atoms with van der Waals surface area (Å²) in [6, 6.07) is 7.12. The molecule has 0 N–H and O–H groups in total. The van der Waals surface area contributed by atoms with Gasteiger partial charge in [-0.1, -0.05) is 12.1 Å². The lowest BCUT2D eigenvalue weighted by atomic mass is 9.97. The van der Waals surface area contributed by atoms with E-state index in [9.17, 15) is 9.59 Å². The van der Waals surface area contributed by atoms with Crippen molar-refractivity contribution in [2.24, 2.45) is 5.92 Å². The van der Waals surface area contributed by atoms with Crippen LogP contribution in [0.15, 0.2) is 24.3 Å². The first kappa shape index (κ1) is 14.4. The highest BCUT2D eigenvalue weighted by Crippen LogP contribution is 2.23. The Morgan fingerprint density at radius 3 is 2.70 bits per heavy atom. The predicted molar refractivity (Wildman–Crippen MR) is 73.6 cm³/mol. The summed E-state index contributed by atoms with van der Waals surface area (Å²) in [5.74, 6) is -0.0244. The summed E-state index contributed by atoms with van der Waals surface area (Å²) in [5.41, 5.74) is 0.528. The van der Waals surface area contributed by atoms with Crippen molar-refractivity contribution in [2.45, 2.75) is 12.8 Å². The van der Waals surface area contributed by atoms with E-state index in [1.54, 1.807) is 30.2 Å². The number of para-hydroxylation sites is 1. The zero-order valence-electron chi connectivity index (χ0n) is 11.8. The standard InChI is InChI=1S/C15H19NO4/c1-19-13-8-4-3-7-12(13)14(17)16-9-5-6-11(10-16)15(18)20-2/h3-4,7-8,11H,5-6,9-10H2,1-2H3/t11-/m0/s1. The third kappa shape index (κ3) is 2.92. The Kier molecular flexibility index (Phi) is 4.61. The number of hydrogen-bond donors (Lipinski definition) is 0. The fourth-order valence-electron chi connectivity index (χ4n) is 2.51. The van der Waals surface area contributed by atoms with Gasteiger partial charge in [0.1, 0.15) is 5.75 Å². The van der Waals surface area contributed by atoms with Crippen molar-refractivity contribution in [1.29, 1.82) is 0 Å². The number of methoxy groups -OCH3 is 2. The van der Waals surface area contributed by atoms with Crippen LogP contribution in [0.3, 0.4) is 0 Å². The van der Waals surface area contributed by atoms with E-state index in [0.717, 1.165) is 12.8 Å². The number of rotatable bonds is 3. The van der Waals surface area contributed by atoms with Gasteiger partial charge in [-0.15, -0.1) is 0 Å². The van der Waals surface area contributed by atoms with Crippen LogP contribution in [0.5, 0.6) is 5.75 Å². The van der Waals surface area contributed by atoms with Gasteiger partial charge in [-0.25, -0.2) is 0 Å². The number of ether oxygens (including phenoxy) is 2. The average Bonchev–Trinajstić information content (AvgIpc) is 2.53. The molecule has 5 nitrogen and oxygen atoms in total. The molecule has 1 aliphatic heterocycles. The predicted octanol–water partition coefficient (Wildman–Crippen LogP) is 1.72. The number of carbonyl (C=O) groups excluding carboxylic acids is 2. The van der Waals surface area contributed by atoms with Crippen LogP contribution in [-0.4, -0.2) is 44.1 Å². The van der Waals surface area contributed by atoms with E-state index < -0.39 is 0 Å². The summed E-state index contributed by atoms with van der Waals surface area (Å²) in [6.45, 7) is 1.06. The summed E-state index contributed by atoms with van der Waals surface area (Å²) in [5, 5.41) is 0. The van der Waals surface area contributed by atoms with Crippen molar-refractivity contribution >= 4 is 11.9 Å². The van der Waals surface area contributed by atoms with Crippen LogP contribution in [0.25, 0.3) is 0 Å². The number of nitrogens with zero attached hydrogens (tertiary/aromatic N) is 1. The van der Waals surface area contributed by atoms with Crippen LogP contribution in [0.1, 0.15) is 23.2 Å². The molecule has 2 rings (SSSR count). The first-order valence-electron chi connectivity index (χ1n) is 6.67. The van der Waals surface area contributed by atoms with E-state index in [-0.39, 0.29) is 17.8 Å². The molecule has 1 aliphatic rings. The molecule has 1 atom stereocenters. The Balaban J connectivity index is 2.14. The summed E-state index contributed by atoms with van der Waals surface area (Å²) in [4.78, 5) is 25.8. The van der Waals surface area contributed by atoms with Gasteiger partial charge in [-0.2, -0.15) is 0 Å². The summed E-state index contributed by atoms with van der Waals surface area (Å²) in [6.07, 6.45) is 1.57. The minimum absolute atomic E-state index is 0.101. The second-order valence-corrected chi connectivity index (χ2v) is 4.81. The summed E-state index contributed by atoms with van der Waals surface area (Å²) in [7, 11) is 2.92. The van der Waals surface area contributed by atoms with Gasteiger partial charge in [-0.05, 0) is 25.0 Å². The number of carbonyl (C=O) groups is 2. The van der Waals surface area contributed by atoms with Crippen molar-refractivity contribution in [1.82, 2.24) is 4.90 Å². The van der Waals surface area contributed by atoms with Gasteiger partial charge < -0.3 is 14.4 Å². The molecule has 0 aromatic heterocycles. The normalized spacial score (nSPS) is 18.5. The maximum atomic E-state index is 12.5. The third-order valence-corrected chi connectivity index (χ3v) is 3.58. The second-order valence-electron chi connectivity index (χ2n) is 4.81. The number of benzene rings is 1. The largest absolute Gasteiger partial charge is 0.496 e. The quantitative estimate of drug-likeness (QED) is 0.789. The highest BCUT2D eigenvalue weighted by Gasteiger charge is 2.30. The fraction of sp³-hybridized carbons (Fsp3) is 0.467. The van der Waals surface area contributed by atoms with Crippen LogP contribution in [0.4, 0.5) is 0 Å². The van der Waals surface area contributed by atoms with Crippen LogP contribution in [0, 0.1) is 5.92 Å². The number of esters is 1. The zero-order valence-corrected chi connectivity index (χ0v) is 11.8. The zero-order chi connectivity index (χ0) is 14.5. The van der Waals surface area contributed by atoms with E-state index in [4.69, 9.17) is 9.47 Å². The van der Waals surface area contributed by atoms with Gasteiger partial charge >= 0.3 is 5.97 Å². The van der Waals surface area contributed by atoms with Crippen LogP contribution < -0.4 is 4.74 Å². The number of amides is 1. The Labute approximate surface area is 118 Å². The molecule has 1 fully saturated rings. The maximum absolute atomic E-state index is 12.5. The van der Waals surface area contributed by atoms with Crippen LogP contribution in [-0.2, 0) is 9.53 Å². The van der Waals surface area contributed by atoms with Gasteiger partial charge in [0.25, 0.3) is 5.91 Å². The highest BCUT2D eigenvalue weighted by atomic mass is 16.5. The van der Waals surface area contributed by atoms with Gasteiger partial charge in [0.2, 0.25) is 0 Å². The first-order valence-corrected chi connectivity index (χ1v) is 6.67. The SMILES string of the molecule is COC(=O)[C@H]1CCCN(C(=O)c2ccccc2OC)C1. The molecule has 1 aromatic carbocycles. The van der Waals surface area contributed by atoms with Crippen molar-refractivity contribution in [3.05, 3.63) is 29.8 Å². The smallest absolute Gasteiger partial charge is 0.310 e. The molecule has 0 bridgehead atoms. The Bertz CT molecular complexity index is 500. The first-order chi connectivity index (χ1) is 9.67. The number of piperidine rings is 1. The van der Waals surface area contributed by atoms with Crippen molar-refractivity contribution in [2.75, 3.05) is 27.3 Å². The van der Waals surface area contributed by atoms with Crippen LogP contribution >= 0.6 is 0 Å². The summed E-state index contributed by atoms with van der Waals surface area (Å²) < 4.78 is 9.98. The van der Waals surface area contributed by atoms with Crippen molar-refractivity contribution in [3.8, 4) is 5.75 Å². The van der Waals surface area contributed by atoms with Crippen LogP contribution in [0.2, 0.25) is 0 Å². The van der Waals surface area contributed by atoms with E-state index in [0.29, 0.717) is 24.4 Å². The highest BCUT2D eigenvalue weighted by molar-refractivity contribution is 5.97. The van der Waals surface area contributed by atoms with E-state index in [1.807, 2.05) is 6.07 Å². The lowest BCUT2D eigenvalue weighted by molar-refractivity contribution is -0.146. The lowest BCUT2D eigenvalue weighted by Crippen LogP contribution is -2.42.